The standard InChI is InChI=1S/C12H9F3N4/c13-12(14,15)11-7-9(8-16)4-5-10(11)3-1-2-6-18-19-17/h1,3-5,7H,2,6H2. The minimum absolute atomic E-state index is 0.0209. The first kappa shape index (κ1) is 14.6. The Labute approximate surface area is 107 Å². The monoisotopic (exact) mass is 266 g/mol. The molecule has 0 fully saturated rings. The highest BCUT2D eigenvalue weighted by atomic mass is 19.4. The molecule has 7 heteroatoms. The van der Waals surface area contributed by atoms with Gasteiger partial charge in [-0.3, -0.25) is 0 Å². The van der Waals surface area contributed by atoms with Gasteiger partial charge in [-0.25, -0.2) is 0 Å². The molecular weight excluding hydrogens is 257 g/mol. The van der Waals surface area contributed by atoms with Crippen LogP contribution in [0.25, 0.3) is 16.5 Å². The smallest absolute Gasteiger partial charge is 0.192 e. The van der Waals surface area contributed by atoms with Crippen LogP contribution in [-0.4, -0.2) is 6.54 Å². The van der Waals surface area contributed by atoms with E-state index in [0.29, 0.717) is 6.42 Å². The van der Waals surface area contributed by atoms with Gasteiger partial charge in [-0.05, 0) is 29.6 Å². The molecule has 0 heterocycles. The SMILES string of the molecule is N#Cc1ccc(C=CCCN=[N+]=[N-])c(C(F)(F)F)c1. The number of azide groups is 1. The van der Waals surface area contributed by atoms with Gasteiger partial charge < -0.3 is 0 Å². The normalized spacial score (nSPS) is 11.1. The molecule has 0 aliphatic rings. The van der Waals surface area contributed by atoms with Crippen LogP contribution in [0.15, 0.2) is 29.4 Å². The Morgan fingerprint density at radius 1 is 1.42 bits per heavy atom. The van der Waals surface area contributed by atoms with Crippen molar-refractivity contribution in [3.8, 4) is 6.07 Å². The maximum atomic E-state index is 12.8. The summed E-state index contributed by atoms with van der Waals surface area (Å²) in [4.78, 5) is 2.53. The summed E-state index contributed by atoms with van der Waals surface area (Å²) < 4.78 is 38.4. The lowest BCUT2D eigenvalue weighted by atomic mass is 10.0. The van der Waals surface area contributed by atoms with Gasteiger partial charge in [-0.15, -0.1) is 0 Å². The third-order valence-electron chi connectivity index (χ3n) is 2.24. The zero-order valence-electron chi connectivity index (χ0n) is 9.72. The number of rotatable bonds is 4. The van der Waals surface area contributed by atoms with Gasteiger partial charge in [0.15, 0.2) is 0 Å². The van der Waals surface area contributed by atoms with Gasteiger partial charge in [0.1, 0.15) is 0 Å². The van der Waals surface area contributed by atoms with E-state index in [1.807, 2.05) is 0 Å². The summed E-state index contributed by atoms with van der Waals surface area (Å²) in [6.45, 7) is 0.185. The maximum absolute atomic E-state index is 12.8. The molecule has 0 atom stereocenters. The number of nitrogens with zero attached hydrogens (tertiary/aromatic N) is 4. The van der Waals surface area contributed by atoms with Crippen molar-refractivity contribution in [3.05, 3.63) is 51.4 Å². The molecule has 19 heavy (non-hydrogen) atoms. The molecule has 4 nitrogen and oxygen atoms in total. The fourth-order valence-electron chi connectivity index (χ4n) is 1.40. The van der Waals surface area contributed by atoms with Crippen molar-refractivity contribution in [2.45, 2.75) is 12.6 Å². The van der Waals surface area contributed by atoms with E-state index >= 15 is 0 Å². The molecule has 0 aliphatic heterocycles. The summed E-state index contributed by atoms with van der Waals surface area (Å²) >= 11 is 0. The number of alkyl halides is 3. The zero-order chi connectivity index (χ0) is 14.3. The molecular formula is C12H9F3N4. The van der Waals surface area contributed by atoms with Crippen LogP contribution in [0.2, 0.25) is 0 Å². The van der Waals surface area contributed by atoms with Gasteiger partial charge in [0.25, 0.3) is 0 Å². The third kappa shape index (κ3) is 4.37. The average molecular weight is 266 g/mol. The molecule has 0 aromatic heterocycles. The van der Waals surface area contributed by atoms with Crippen LogP contribution in [0.4, 0.5) is 13.2 Å². The summed E-state index contributed by atoms with van der Waals surface area (Å²) in [5.41, 5.74) is 7.13. The van der Waals surface area contributed by atoms with E-state index in [4.69, 9.17) is 10.8 Å². The van der Waals surface area contributed by atoms with Gasteiger partial charge in [-0.1, -0.05) is 23.3 Å². The molecule has 0 spiro atoms. The average Bonchev–Trinajstić information content (AvgIpc) is 2.37. The first-order chi connectivity index (χ1) is 8.99. The van der Waals surface area contributed by atoms with Crippen molar-refractivity contribution < 1.29 is 13.2 Å². The molecule has 98 valence electrons. The Hall–Kier alpha value is -2.45. The Kier molecular flexibility index (Phi) is 4.98. The van der Waals surface area contributed by atoms with Gasteiger partial charge in [0.05, 0.1) is 17.2 Å². The highest BCUT2D eigenvalue weighted by Crippen LogP contribution is 2.33. The second kappa shape index (κ2) is 6.47. The molecule has 0 bridgehead atoms. The number of nitriles is 1. The Morgan fingerprint density at radius 3 is 2.74 bits per heavy atom. The molecule has 1 aromatic carbocycles. The first-order valence-corrected chi connectivity index (χ1v) is 5.28. The molecule has 0 aliphatic carbocycles. The van der Waals surface area contributed by atoms with Gasteiger partial charge in [0, 0.05) is 11.5 Å². The van der Waals surface area contributed by atoms with E-state index < -0.39 is 11.7 Å². The van der Waals surface area contributed by atoms with Crippen LogP contribution in [0.5, 0.6) is 0 Å². The molecule has 0 amide bonds. The van der Waals surface area contributed by atoms with Crippen LogP contribution in [0.1, 0.15) is 23.1 Å². The Morgan fingerprint density at radius 2 is 2.16 bits per heavy atom. The number of benzene rings is 1. The quantitative estimate of drug-likeness (QED) is 0.346. The summed E-state index contributed by atoms with van der Waals surface area (Å²) in [6, 6.07) is 5.05. The summed E-state index contributed by atoms with van der Waals surface area (Å²) in [5.74, 6) is 0. The van der Waals surface area contributed by atoms with Gasteiger partial charge in [-0.2, -0.15) is 18.4 Å². The fraction of sp³-hybridized carbons (Fsp3) is 0.250. The molecule has 0 saturated carbocycles. The van der Waals surface area contributed by atoms with E-state index in [9.17, 15) is 13.2 Å². The van der Waals surface area contributed by atoms with Gasteiger partial charge >= 0.3 is 6.18 Å². The van der Waals surface area contributed by atoms with E-state index in [1.165, 1.54) is 24.3 Å². The second-order valence-electron chi connectivity index (χ2n) is 3.56. The predicted octanol–water partition coefficient (Wildman–Crippen LogP) is 4.29. The van der Waals surface area contributed by atoms with Crippen molar-refractivity contribution in [1.82, 2.24) is 0 Å². The fourth-order valence-corrected chi connectivity index (χ4v) is 1.40. The van der Waals surface area contributed by atoms with Crippen LogP contribution in [0.3, 0.4) is 0 Å². The predicted molar refractivity (Wildman–Crippen MR) is 63.8 cm³/mol. The van der Waals surface area contributed by atoms with E-state index in [0.717, 1.165) is 6.07 Å². The Bertz CT molecular complexity index is 563. The summed E-state index contributed by atoms with van der Waals surface area (Å²) in [7, 11) is 0. The number of halogens is 3. The highest BCUT2D eigenvalue weighted by molar-refractivity contribution is 5.57. The van der Waals surface area contributed by atoms with Crippen LogP contribution >= 0.6 is 0 Å². The molecule has 0 N–H and O–H groups in total. The third-order valence-corrected chi connectivity index (χ3v) is 2.24. The van der Waals surface area contributed by atoms with Crippen molar-refractivity contribution in [1.29, 1.82) is 5.26 Å². The second-order valence-corrected chi connectivity index (χ2v) is 3.56. The molecule has 0 radical (unpaired) electrons. The van der Waals surface area contributed by atoms with E-state index in [-0.39, 0.29) is 17.7 Å². The number of hydrogen-bond acceptors (Lipinski definition) is 2. The topological polar surface area (TPSA) is 72.5 Å². The van der Waals surface area contributed by atoms with Crippen molar-refractivity contribution >= 4 is 6.08 Å². The van der Waals surface area contributed by atoms with E-state index in [1.54, 1.807) is 6.07 Å². The van der Waals surface area contributed by atoms with E-state index in [2.05, 4.69) is 10.0 Å². The first-order valence-electron chi connectivity index (χ1n) is 5.28. The molecule has 0 saturated heterocycles. The largest absolute Gasteiger partial charge is 0.417 e. The molecule has 0 unspecified atom stereocenters. The number of hydrogen-bond donors (Lipinski definition) is 0. The Balaban J connectivity index is 3.00. The van der Waals surface area contributed by atoms with Crippen LogP contribution in [-0.2, 0) is 6.18 Å². The van der Waals surface area contributed by atoms with Crippen molar-refractivity contribution in [3.63, 3.8) is 0 Å². The summed E-state index contributed by atoms with van der Waals surface area (Å²) in [5, 5.41) is 11.9. The van der Waals surface area contributed by atoms with Crippen molar-refractivity contribution in [2.24, 2.45) is 5.11 Å². The highest BCUT2D eigenvalue weighted by Gasteiger charge is 2.32. The lowest BCUT2D eigenvalue weighted by Crippen LogP contribution is -2.07. The minimum atomic E-state index is -4.52. The molecule has 1 aromatic rings. The summed E-state index contributed by atoms with van der Waals surface area (Å²) in [6.07, 6.45) is -1.37. The maximum Gasteiger partial charge on any atom is 0.417 e. The minimum Gasteiger partial charge on any atom is -0.192 e. The van der Waals surface area contributed by atoms with Crippen LogP contribution in [0, 0.1) is 11.3 Å². The lowest BCUT2D eigenvalue weighted by molar-refractivity contribution is -0.137. The lowest BCUT2D eigenvalue weighted by Gasteiger charge is -2.10. The van der Waals surface area contributed by atoms with Crippen molar-refractivity contribution in [2.75, 3.05) is 6.54 Å². The zero-order valence-corrected chi connectivity index (χ0v) is 9.72. The van der Waals surface area contributed by atoms with Gasteiger partial charge in [0.2, 0.25) is 0 Å². The van der Waals surface area contributed by atoms with Crippen LogP contribution < -0.4 is 0 Å². The molecule has 1 rings (SSSR count).